The third-order valence-electron chi connectivity index (χ3n) is 3.86. The summed E-state index contributed by atoms with van der Waals surface area (Å²) in [6.45, 7) is 0.703. The molecule has 0 amide bonds. The summed E-state index contributed by atoms with van der Waals surface area (Å²) >= 11 is 0. The number of anilines is 1. The monoisotopic (exact) mass is 312 g/mol. The van der Waals surface area contributed by atoms with E-state index in [1.807, 2.05) is 0 Å². The van der Waals surface area contributed by atoms with E-state index in [9.17, 15) is 18.3 Å². The first kappa shape index (κ1) is 15.8. The van der Waals surface area contributed by atoms with Crippen molar-refractivity contribution in [3.05, 3.63) is 23.8 Å². The Balaban J connectivity index is 2.16. The smallest absolute Gasteiger partial charge is 0.337 e. The molecule has 0 aromatic heterocycles. The summed E-state index contributed by atoms with van der Waals surface area (Å²) in [5.74, 6) is -0.634. The molecule has 116 valence electrons. The Hall–Kier alpha value is -1.60. The minimum Gasteiger partial charge on any atom is -0.478 e. The molecule has 21 heavy (non-hydrogen) atoms. The summed E-state index contributed by atoms with van der Waals surface area (Å²) in [5, 5.41) is 17.4. The van der Waals surface area contributed by atoms with E-state index in [1.54, 1.807) is 0 Å². The van der Waals surface area contributed by atoms with E-state index in [2.05, 4.69) is 5.32 Å². The fourth-order valence-corrected chi connectivity index (χ4v) is 3.22. The average molecular weight is 312 g/mol. The number of primary sulfonamides is 1. The second kappa shape index (κ2) is 6.44. The van der Waals surface area contributed by atoms with Crippen molar-refractivity contribution in [2.24, 2.45) is 11.1 Å². The minimum absolute atomic E-state index is 0.0719. The van der Waals surface area contributed by atoms with Crippen LogP contribution in [0.1, 0.15) is 42.5 Å². The second-order valence-corrected chi connectivity index (χ2v) is 7.00. The number of carboxylic acids is 1. The van der Waals surface area contributed by atoms with Gasteiger partial charge in [0.2, 0.25) is 10.0 Å². The van der Waals surface area contributed by atoms with E-state index in [-0.39, 0.29) is 10.5 Å². The zero-order valence-electron chi connectivity index (χ0n) is 11.7. The van der Waals surface area contributed by atoms with Crippen molar-refractivity contribution in [3.8, 4) is 0 Å². The van der Waals surface area contributed by atoms with Crippen LogP contribution in [0, 0.1) is 5.92 Å². The summed E-state index contributed by atoms with van der Waals surface area (Å²) in [6, 6.07) is 3.89. The number of rotatable bonds is 5. The van der Waals surface area contributed by atoms with Crippen LogP contribution in [0.2, 0.25) is 0 Å². The summed E-state index contributed by atoms with van der Waals surface area (Å²) in [5.41, 5.74) is 0.359. The topological polar surface area (TPSA) is 109 Å². The number of hydrogen-bond donors (Lipinski definition) is 3. The fraction of sp³-hybridized carbons (Fsp3) is 0.500. The molecule has 1 saturated carbocycles. The molecule has 0 atom stereocenters. The van der Waals surface area contributed by atoms with Crippen molar-refractivity contribution in [1.82, 2.24) is 0 Å². The summed E-state index contributed by atoms with van der Waals surface area (Å²) in [6.07, 6.45) is 5.97. The van der Waals surface area contributed by atoms with Gasteiger partial charge in [0.05, 0.1) is 10.5 Å². The zero-order valence-corrected chi connectivity index (χ0v) is 12.5. The lowest BCUT2D eigenvalue weighted by atomic mass is 9.89. The van der Waals surface area contributed by atoms with Gasteiger partial charge in [0.15, 0.2) is 0 Å². The van der Waals surface area contributed by atoms with Crippen LogP contribution in [-0.4, -0.2) is 26.0 Å². The molecule has 0 spiro atoms. The lowest BCUT2D eigenvalue weighted by Crippen LogP contribution is -2.19. The quantitative estimate of drug-likeness (QED) is 0.770. The van der Waals surface area contributed by atoms with Crippen molar-refractivity contribution in [3.63, 3.8) is 0 Å². The molecular weight excluding hydrogens is 292 g/mol. The molecule has 1 aliphatic carbocycles. The Bertz CT molecular complexity index is 622. The Morgan fingerprint density at radius 3 is 2.52 bits per heavy atom. The SMILES string of the molecule is NS(=O)(=O)c1ccc(NCC2CCCCC2)c(C(=O)O)c1. The van der Waals surface area contributed by atoms with Gasteiger partial charge in [-0.3, -0.25) is 0 Å². The molecule has 0 bridgehead atoms. The molecule has 1 aromatic rings. The number of carboxylic acid groups (broad SMARTS) is 1. The maximum atomic E-state index is 11.3. The van der Waals surface area contributed by atoms with Crippen LogP contribution in [0.4, 0.5) is 5.69 Å². The van der Waals surface area contributed by atoms with E-state index < -0.39 is 16.0 Å². The van der Waals surface area contributed by atoms with Crippen molar-refractivity contribution in [2.45, 2.75) is 37.0 Å². The fourth-order valence-electron chi connectivity index (χ4n) is 2.68. The van der Waals surface area contributed by atoms with Crippen LogP contribution in [0.25, 0.3) is 0 Å². The van der Waals surface area contributed by atoms with Gasteiger partial charge in [-0.2, -0.15) is 0 Å². The normalized spacial score (nSPS) is 16.6. The molecule has 7 heteroatoms. The van der Waals surface area contributed by atoms with Crippen molar-refractivity contribution in [2.75, 3.05) is 11.9 Å². The Labute approximate surface area is 124 Å². The lowest BCUT2D eigenvalue weighted by molar-refractivity contribution is 0.0697. The molecular formula is C14H20N2O4S. The highest BCUT2D eigenvalue weighted by atomic mass is 32.2. The van der Waals surface area contributed by atoms with Gasteiger partial charge in [-0.25, -0.2) is 18.4 Å². The number of benzene rings is 1. The number of nitrogens with two attached hydrogens (primary N) is 1. The lowest BCUT2D eigenvalue weighted by Gasteiger charge is -2.22. The Morgan fingerprint density at radius 1 is 1.29 bits per heavy atom. The first-order valence-corrected chi connectivity index (χ1v) is 8.56. The van der Waals surface area contributed by atoms with E-state index in [0.29, 0.717) is 18.2 Å². The number of aromatic carboxylic acids is 1. The van der Waals surface area contributed by atoms with Crippen LogP contribution in [0.5, 0.6) is 0 Å². The molecule has 0 aliphatic heterocycles. The van der Waals surface area contributed by atoms with Gasteiger partial charge in [0.25, 0.3) is 0 Å². The van der Waals surface area contributed by atoms with Crippen molar-refractivity contribution in [1.29, 1.82) is 0 Å². The van der Waals surface area contributed by atoms with Crippen LogP contribution in [-0.2, 0) is 10.0 Å². The Kier molecular flexibility index (Phi) is 4.84. The number of nitrogens with one attached hydrogen (secondary N) is 1. The van der Waals surface area contributed by atoms with Crippen LogP contribution >= 0.6 is 0 Å². The van der Waals surface area contributed by atoms with E-state index in [1.165, 1.54) is 31.4 Å². The van der Waals surface area contributed by atoms with E-state index in [0.717, 1.165) is 18.9 Å². The molecule has 0 radical (unpaired) electrons. The van der Waals surface area contributed by atoms with Gasteiger partial charge in [-0.1, -0.05) is 19.3 Å². The van der Waals surface area contributed by atoms with Gasteiger partial charge in [-0.15, -0.1) is 0 Å². The zero-order chi connectivity index (χ0) is 15.5. The number of hydrogen-bond acceptors (Lipinski definition) is 4. The van der Waals surface area contributed by atoms with E-state index in [4.69, 9.17) is 5.14 Å². The molecule has 1 aliphatic rings. The molecule has 0 heterocycles. The third-order valence-corrected chi connectivity index (χ3v) is 4.77. The Morgan fingerprint density at radius 2 is 1.95 bits per heavy atom. The highest BCUT2D eigenvalue weighted by molar-refractivity contribution is 7.89. The molecule has 4 N–H and O–H groups in total. The molecule has 0 saturated heterocycles. The first-order valence-electron chi connectivity index (χ1n) is 7.02. The largest absolute Gasteiger partial charge is 0.478 e. The summed E-state index contributed by atoms with van der Waals surface area (Å²) < 4.78 is 22.6. The second-order valence-electron chi connectivity index (χ2n) is 5.44. The maximum Gasteiger partial charge on any atom is 0.337 e. The predicted octanol–water partition coefficient (Wildman–Crippen LogP) is 2.02. The van der Waals surface area contributed by atoms with Crippen molar-refractivity contribution < 1.29 is 18.3 Å². The maximum absolute atomic E-state index is 11.3. The summed E-state index contributed by atoms with van der Waals surface area (Å²) in [7, 11) is -3.90. The number of carbonyl (C=O) groups is 1. The molecule has 1 aromatic carbocycles. The van der Waals surface area contributed by atoms with Gasteiger partial charge in [-0.05, 0) is 37.0 Å². The first-order chi connectivity index (χ1) is 9.88. The molecule has 0 unspecified atom stereocenters. The standard InChI is InChI=1S/C14H20N2O4S/c15-21(19,20)11-6-7-13(12(8-11)14(17)18)16-9-10-4-2-1-3-5-10/h6-8,10,16H,1-5,9H2,(H,17,18)(H2,15,19,20). The molecule has 1 fully saturated rings. The average Bonchev–Trinajstić information content (AvgIpc) is 2.45. The molecule has 2 rings (SSSR count). The predicted molar refractivity (Wildman–Crippen MR) is 79.8 cm³/mol. The highest BCUT2D eigenvalue weighted by Gasteiger charge is 2.18. The van der Waals surface area contributed by atoms with Gasteiger partial charge < -0.3 is 10.4 Å². The number of sulfonamides is 1. The summed E-state index contributed by atoms with van der Waals surface area (Å²) in [4.78, 5) is 11.1. The van der Waals surface area contributed by atoms with Crippen LogP contribution in [0.3, 0.4) is 0 Å². The van der Waals surface area contributed by atoms with Crippen LogP contribution in [0.15, 0.2) is 23.1 Å². The van der Waals surface area contributed by atoms with Gasteiger partial charge in [0, 0.05) is 12.2 Å². The van der Waals surface area contributed by atoms with Crippen molar-refractivity contribution >= 4 is 21.7 Å². The van der Waals surface area contributed by atoms with Gasteiger partial charge >= 0.3 is 5.97 Å². The third kappa shape index (κ3) is 4.18. The van der Waals surface area contributed by atoms with E-state index >= 15 is 0 Å². The molecule has 6 nitrogen and oxygen atoms in total. The van der Waals surface area contributed by atoms with Gasteiger partial charge in [0.1, 0.15) is 0 Å². The minimum atomic E-state index is -3.90. The van der Waals surface area contributed by atoms with Crippen LogP contribution < -0.4 is 10.5 Å². The highest BCUT2D eigenvalue weighted by Crippen LogP contribution is 2.25.